The molecule has 0 saturated heterocycles. The molecular formula is C13H20N2OS. The van der Waals surface area contributed by atoms with Crippen LogP contribution in [0.3, 0.4) is 0 Å². The van der Waals surface area contributed by atoms with Crippen molar-refractivity contribution in [3.63, 3.8) is 0 Å². The van der Waals surface area contributed by atoms with Gasteiger partial charge in [0.1, 0.15) is 4.99 Å². The monoisotopic (exact) mass is 252 g/mol. The van der Waals surface area contributed by atoms with Crippen molar-refractivity contribution in [3.05, 3.63) is 22.9 Å². The zero-order chi connectivity index (χ0) is 13.2. The van der Waals surface area contributed by atoms with Crippen LogP contribution in [0.1, 0.15) is 37.6 Å². The SMILES string of the molecule is Cc1cc(C)c(C(N)=S)c(OC(C)C(C)C)n1. The molecular weight excluding hydrogens is 232 g/mol. The number of thiocarbonyl (C=S) groups is 1. The Morgan fingerprint density at radius 2 is 1.94 bits per heavy atom. The van der Waals surface area contributed by atoms with E-state index in [0.29, 0.717) is 16.8 Å². The van der Waals surface area contributed by atoms with E-state index in [2.05, 4.69) is 18.8 Å². The molecule has 1 rings (SSSR count). The summed E-state index contributed by atoms with van der Waals surface area (Å²) in [6.07, 6.45) is 0.0804. The molecule has 0 bridgehead atoms. The molecule has 0 aromatic carbocycles. The molecule has 2 N–H and O–H groups in total. The third-order valence-corrected chi connectivity index (χ3v) is 3.00. The molecule has 1 atom stereocenters. The van der Waals surface area contributed by atoms with Crippen molar-refractivity contribution >= 4 is 17.2 Å². The average molecular weight is 252 g/mol. The molecule has 0 amide bonds. The largest absolute Gasteiger partial charge is 0.474 e. The summed E-state index contributed by atoms with van der Waals surface area (Å²) in [6, 6.07) is 1.96. The Bertz CT molecular complexity index is 430. The molecule has 17 heavy (non-hydrogen) atoms. The number of hydrogen-bond donors (Lipinski definition) is 1. The summed E-state index contributed by atoms with van der Waals surface area (Å²) in [7, 11) is 0. The Labute approximate surface area is 108 Å². The zero-order valence-electron chi connectivity index (χ0n) is 11.1. The van der Waals surface area contributed by atoms with Gasteiger partial charge in [-0.3, -0.25) is 0 Å². The Kier molecular flexibility index (Phi) is 4.46. The second-order valence-corrected chi connectivity index (χ2v) is 5.13. The van der Waals surface area contributed by atoms with Crippen molar-refractivity contribution in [2.45, 2.75) is 40.7 Å². The average Bonchev–Trinajstić information content (AvgIpc) is 2.14. The summed E-state index contributed by atoms with van der Waals surface area (Å²) < 4.78 is 5.85. The lowest BCUT2D eigenvalue weighted by atomic mass is 10.1. The highest BCUT2D eigenvalue weighted by molar-refractivity contribution is 7.80. The topological polar surface area (TPSA) is 48.1 Å². The first-order valence-corrected chi connectivity index (χ1v) is 6.18. The van der Waals surface area contributed by atoms with Crippen molar-refractivity contribution in [1.82, 2.24) is 4.98 Å². The minimum absolute atomic E-state index is 0.0804. The number of hydrogen-bond acceptors (Lipinski definition) is 3. The Morgan fingerprint density at radius 1 is 1.35 bits per heavy atom. The van der Waals surface area contributed by atoms with Gasteiger partial charge in [-0.2, -0.15) is 0 Å². The summed E-state index contributed by atoms with van der Waals surface area (Å²) in [5.41, 5.74) is 8.40. The lowest BCUT2D eigenvalue weighted by molar-refractivity contribution is 0.163. The van der Waals surface area contributed by atoms with Gasteiger partial charge in [0.15, 0.2) is 0 Å². The Balaban J connectivity index is 3.17. The second kappa shape index (κ2) is 5.45. The Morgan fingerprint density at radius 3 is 2.41 bits per heavy atom. The van der Waals surface area contributed by atoms with E-state index in [1.54, 1.807) is 0 Å². The van der Waals surface area contributed by atoms with Gasteiger partial charge in [0.25, 0.3) is 0 Å². The van der Waals surface area contributed by atoms with Gasteiger partial charge in [0.2, 0.25) is 5.88 Å². The number of nitrogens with zero attached hydrogens (tertiary/aromatic N) is 1. The number of rotatable bonds is 4. The molecule has 0 aliphatic carbocycles. The maximum absolute atomic E-state index is 5.85. The molecule has 0 aliphatic rings. The highest BCUT2D eigenvalue weighted by Crippen LogP contribution is 2.23. The zero-order valence-corrected chi connectivity index (χ0v) is 11.9. The van der Waals surface area contributed by atoms with E-state index in [0.717, 1.165) is 16.8 Å². The molecule has 0 radical (unpaired) electrons. The Hall–Kier alpha value is -1.16. The van der Waals surface area contributed by atoms with Gasteiger partial charge in [-0.25, -0.2) is 4.98 Å². The number of aryl methyl sites for hydroxylation is 2. The van der Waals surface area contributed by atoms with Gasteiger partial charge < -0.3 is 10.5 Å². The second-order valence-electron chi connectivity index (χ2n) is 4.69. The van der Waals surface area contributed by atoms with Gasteiger partial charge in [-0.1, -0.05) is 26.1 Å². The lowest BCUT2D eigenvalue weighted by Crippen LogP contribution is -2.23. The molecule has 94 valence electrons. The highest BCUT2D eigenvalue weighted by atomic mass is 32.1. The number of ether oxygens (including phenoxy) is 1. The van der Waals surface area contributed by atoms with E-state index >= 15 is 0 Å². The van der Waals surface area contributed by atoms with Crippen LogP contribution >= 0.6 is 12.2 Å². The van der Waals surface area contributed by atoms with Crippen LogP contribution in [0.4, 0.5) is 0 Å². The smallest absolute Gasteiger partial charge is 0.224 e. The first kappa shape index (κ1) is 13.9. The van der Waals surface area contributed by atoms with Crippen LogP contribution in [0.25, 0.3) is 0 Å². The predicted molar refractivity (Wildman–Crippen MR) is 74.5 cm³/mol. The standard InChI is InChI=1S/C13H20N2OS/c1-7(2)10(5)16-13-11(12(14)17)8(3)6-9(4)15-13/h6-7,10H,1-5H3,(H2,14,17). The molecule has 0 aliphatic heterocycles. The van der Waals surface area contributed by atoms with E-state index < -0.39 is 0 Å². The van der Waals surface area contributed by atoms with Gasteiger partial charge in [-0.15, -0.1) is 0 Å². The van der Waals surface area contributed by atoms with Crippen molar-refractivity contribution in [1.29, 1.82) is 0 Å². The minimum atomic E-state index is 0.0804. The van der Waals surface area contributed by atoms with Crippen LogP contribution in [0, 0.1) is 19.8 Å². The lowest BCUT2D eigenvalue weighted by Gasteiger charge is -2.20. The van der Waals surface area contributed by atoms with E-state index in [9.17, 15) is 0 Å². The predicted octanol–water partition coefficient (Wildman–Crippen LogP) is 2.76. The third-order valence-electron chi connectivity index (χ3n) is 2.79. The van der Waals surface area contributed by atoms with Crippen molar-refractivity contribution in [2.24, 2.45) is 11.7 Å². The summed E-state index contributed by atoms with van der Waals surface area (Å²) >= 11 is 5.06. The quantitative estimate of drug-likeness (QED) is 0.837. The summed E-state index contributed by atoms with van der Waals surface area (Å²) in [5.74, 6) is 0.966. The first-order chi connectivity index (χ1) is 7.82. The van der Waals surface area contributed by atoms with Gasteiger partial charge in [0.05, 0.1) is 11.7 Å². The fourth-order valence-corrected chi connectivity index (χ4v) is 1.75. The summed E-state index contributed by atoms with van der Waals surface area (Å²) in [5, 5.41) is 0. The molecule has 0 spiro atoms. The maximum Gasteiger partial charge on any atom is 0.224 e. The molecule has 4 heteroatoms. The van der Waals surface area contributed by atoms with E-state index in [1.807, 2.05) is 26.8 Å². The van der Waals surface area contributed by atoms with Crippen LogP contribution < -0.4 is 10.5 Å². The molecule has 1 aromatic rings. The van der Waals surface area contributed by atoms with Crippen LogP contribution in [0.15, 0.2) is 6.07 Å². The molecule has 0 saturated carbocycles. The van der Waals surface area contributed by atoms with Crippen molar-refractivity contribution in [3.8, 4) is 5.88 Å². The van der Waals surface area contributed by atoms with Gasteiger partial charge >= 0.3 is 0 Å². The molecule has 1 aromatic heterocycles. The maximum atomic E-state index is 5.85. The number of pyridine rings is 1. The molecule has 1 heterocycles. The van der Waals surface area contributed by atoms with Crippen LogP contribution in [-0.2, 0) is 0 Å². The van der Waals surface area contributed by atoms with E-state index in [-0.39, 0.29) is 6.10 Å². The minimum Gasteiger partial charge on any atom is -0.474 e. The van der Waals surface area contributed by atoms with Crippen LogP contribution in [0.2, 0.25) is 0 Å². The fraction of sp³-hybridized carbons (Fsp3) is 0.538. The van der Waals surface area contributed by atoms with E-state index in [4.69, 9.17) is 22.7 Å². The normalized spacial score (nSPS) is 12.6. The number of aromatic nitrogens is 1. The number of nitrogens with two attached hydrogens (primary N) is 1. The van der Waals surface area contributed by atoms with Gasteiger partial charge in [-0.05, 0) is 38.3 Å². The summed E-state index contributed by atoms with van der Waals surface area (Å²) in [6.45, 7) is 10.1. The van der Waals surface area contributed by atoms with Gasteiger partial charge in [0, 0.05) is 5.69 Å². The molecule has 3 nitrogen and oxygen atoms in total. The molecule has 1 unspecified atom stereocenters. The highest BCUT2D eigenvalue weighted by Gasteiger charge is 2.17. The van der Waals surface area contributed by atoms with Crippen LogP contribution in [-0.4, -0.2) is 16.1 Å². The van der Waals surface area contributed by atoms with E-state index in [1.165, 1.54) is 0 Å². The first-order valence-electron chi connectivity index (χ1n) is 5.77. The fourth-order valence-electron chi connectivity index (χ4n) is 1.50. The summed E-state index contributed by atoms with van der Waals surface area (Å²) in [4.78, 5) is 4.72. The third kappa shape index (κ3) is 3.40. The van der Waals surface area contributed by atoms with Crippen molar-refractivity contribution < 1.29 is 4.74 Å². The van der Waals surface area contributed by atoms with Crippen molar-refractivity contribution in [2.75, 3.05) is 0 Å². The van der Waals surface area contributed by atoms with Crippen LogP contribution in [0.5, 0.6) is 5.88 Å². The molecule has 0 fully saturated rings.